The predicted molar refractivity (Wildman–Crippen MR) is 110 cm³/mol. The summed E-state index contributed by atoms with van der Waals surface area (Å²) in [5.74, 6) is 0. The Balaban J connectivity index is 1.78. The van der Waals surface area contributed by atoms with Crippen LogP contribution in [0.3, 0.4) is 0 Å². The van der Waals surface area contributed by atoms with Crippen LogP contribution in [-0.2, 0) is 16.6 Å². The summed E-state index contributed by atoms with van der Waals surface area (Å²) < 4.78 is 25.0. The molecule has 3 aromatic carbocycles. The van der Waals surface area contributed by atoms with Crippen molar-refractivity contribution in [1.82, 2.24) is 9.78 Å². The molecule has 0 saturated carbocycles. The van der Waals surface area contributed by atoms with Crippen molar-refractivity contribution < 1.29 is 8.42 Å². The quantitative estimate of drug-likeness (QED) is 0.562. The van der Waals surface area contributed by atoms with Gasteiger partial charge in [0.1, 0.15) is 5.69 Å². The molecule has 2 N–H and O–H groups in total. The first-order valence-electron chi connectivity index (χ1n) is 8.81. The number of hydrogen-bond acceptors (Lipinski definition) is 3. The Kier molecular flexibility index (Phi) is 4.81. The summed E-state index contributed by atoms with van der Waals surface area (Å²) in [6.07, 6.45) is 2.02. The van der Waals surface area contributed by atoms with Gasteiger partial charge in [-0.15, -0.1) is 0 Å². The average molecular weight is 389 g/mol. The van der Waals surface area contributed by atoms with Crippen LogP contribution < -0.4 is 5.14 Å². The van der Waals surface area contributed by atoms with Gasteiger partial charge in [0.15, 0.2) is 0 Å². The molecule has 0 unspecified atom stereocenters. The molecule has 1 aromatic heterocycles. The van der Waals surface area contributed by atoms with Gasteiger partial charge in [-0.2, -0.15) is 5.10 Å². The van der Waals surface area contributed by atoms with Gasteiger partial charge in [0.25, 0.3) is 0 Å². The molecule has 0 amide bonds. The van der Waals surface area contributed by atoms with Crippen molar-refractivity contribution in [3.8, 4) is 22.4 Å². The van der Waals surface area contributed by atoms with Crippen molar-refractivity contribution in [2.45, 2.75) is 11.4 Å². The highest BCUT2D eigenvalue weighted by Gasteiger charge is 2.15. The second-order valence-corrected chi connectivity index (χ2v) is 8.07. The Labute approximate surface area is 164 Å². The van der Waals surface area contributed by atoms with Crippen molar-refractivity contribution in [2.75, 3.05) is 0 Å². The van der Waals surface area contributed by atoms with Crippen LogP contribution in [0.25, 0.3) is 22.4 Å². The number of hydrogen-bond donors (Lipinski definition) is 1. The van der Waals surface area contributed by atoms with Crippen LogP contribution in [0, 0.1) is 0 Å². The third-order valence-corrected chi connectivity index (χ3v) is 5.42. The van der Waals surface area contributed by atoms with Crippen LogP contribution in [0.5, 0.6) is 0 Å². The summed E-state index contributed by atoms with van der Waals surface area (Å²) >= 11 is 0. The molecule has 0 radical (unpaired) electrons. The van der Waals surface area contributed by atoms with Crippen molar-refractivity contribution in [3.63, 3.8) is 0 Å². The van der Waals surface area contributed by atoms with Gasteiger partial charge in [0, 0.05) is 17.3 Å². The third kappa shape index (κ3) is 3.88. The number of primary sulfonamides is 1. The van der Waals surface area contributed by atoms with Crippen molar-refractivity contribution >= 4 is 10.0 Å². The number of nitrogens with zero attached hydrogens (tertiary/aromatic N) is 2. The van der Waals surface area contributed by atoms with Gasteiger partial charge in [0.2, 0.25) is 10.0 Å². The molecule has 0 aliphatic rings. The van der Waals surface area contributed by atoms with Gasteiger partial charge in [-0.05, 0) is 23.3 Å². The van der Waals surface area contributed by atoms with E-state index in [1.54, 1.807) is 12.1 Å². The lowest BCUT2D eigenvalue weighted by molar-refractivity contribution is 0.598. The Bertz CT molecular complexity index is 1180. The van der Waals surface area contributed by atoms with E-state index >= 15 is 0 Å². The summed E-state index contributed by atoms with van der Waals surface area (Å²) in [5.41, 5.74) is 4.81. The van der Waals surface area contributed by atoms with E-state index in [1.165, 1.54) is 12.1 Å². The van der Waals surface area contributed by atoms with Crippen LogP contribution >= 0.6 is 0 Å². The Morgan fingerprint density at radius 2 is 1.39 bits per heavy atom. The fraction of sp³-hybridized carbons (Fsp3) is 0.0455. The molecule has 0 bridgehead atoms. The van der Waals surface area contributed by atoms with Crippen molar-refractivity contribution in [1.29, 1.82) is 0 Å². The topological polar surface area (TPSA) is 78.0 Å². The van der Waals surface area contributed by atoms with Crippen LogP contribution in [0.4, 0.5) is 0 Å². The molecule has 4 rings (SSSR count). The van der Waals surface area contributed by atoms with E-state index in [4.69, 9.17) is 10.2 Å². The summed E-state index contributed by atoms with van der Waals surface area (Å²) in [7, 11) is -3.73. The lowest BCUT2D eigenvalue weighted by Gasteiger charge is -2.04. The first kappa shape index (κ1) is 18.2. The molecule has 4 aromatic rings. The summed E-state index contributed by atoms with van der Waals surface area (Å²) in [5, 5.41) is 9.99. The predicted octanol–water partition coefficient (Wildman–Crippen LogP) is 3.91. The zero-order valence-corrected chi connectivity index (χ0v) is 15.9. The van der Waals surface area contributed by atoms with E-state index in [2.05, 4.69) is 12.1 Å². The number of aromatic nitrogens is 2. The third-order valence-electron chi connectivity index (χ3n) is 4.49. The second-order valence-electron chi connectivity index (χ2n) is 6.51. The largest absolute Gasteiger partial charge is 0.267 e. The minimum Gasteiger partial charge on any atom is -0.267 e. The molecular formula is C22H19N3O2S. The minimum atomic E-state index is -3.73. The lowest BCUT2D eigenvalue weighted by atomic mass is 10.0. The summed E-state index contributed by atoms with van der Waals surface area (Å²) in [4.78, 5) is 0.0845. The second kappa shape index (κ2) is 7.42. The molecular weight excluding hydrogens is 370 g/mol. The zero-order chi connectivity index (χ0) is 19.6. The maximum absolute atomic E-state index is 11.5. The molecule has 5 nitrogen and oxygen atoms in total. The van der Waals surface area contributed by atoms with Gasteiger partial charge in [-0.1, -0.05) is 72.8 Å². The molecule has 140 valence electrons. The molecule has 0 spiro atoms. The van der Waals surface area contributed by atoms with E-state index in [0.717, 1.165) is 27.9 Å². The average Bonchev–Trinajstić information content (AvgIpc) is 3.13. The lowest BCUT2D eigenvalue weighted by Crippen LogP contribution is -2.11. The SMILES string of the molecule is NS(=O)(=O)c1ccc(-c2nn(Cc3ccccc3)cc2-c2ccccc2)cc1. The van der Waals surface area contributed by atoms with Gasteiger partial charge >= 0.3 is 0 Å². The van der Waals surface area contributed by atoms with E-state index in [1.807, 2.05) is 59.4 Å². The highest BCUT2D eigenvalue weighted by Crippen LogP contribution is 2.31. The zero-order valence-electron chi connectivity index (χ0n) is 15.1. The first-order valence-corrected chi connectivity index (χ1v) is 10.4. The van der Waals surface area contributed by atoms with Crippen molar-refractivity contribution in [2.24, 2.45) is 5.14 Å². The number of rotatable bonds is 5. The Morgan fingerprint density at radius 1 is 0.786 bits per heavy atom. The maximum Gasteiger partial charge on any atom is 0.238 e. The van der Waals surface area contributed by atoms with E-state index in [-0.39, 0.29) is 4.90 Å². The number of benzene rings is 3. The van der Waals surface area contributed by atoms with E-state index in [9.17, 15) is 8.42 Å². The van der Waals surface area contributed by atoms with Crippen molar-refractivity contribution in [3.05, 3.63) is 96.7 Å². The van der Waals surface area contributed by atoms with Crippen LogP contribution in [-0.4, -0.2) is 18.2 Å². The number of sulfonamides is 1. The summed E-state index contributed by atoms with van der Waals surface area (Å²) in [6.45, 7) is 0.649. The first-order chi connectivity index (χ1) is 13.5. The molecule has 28 heavy (non-hydrogen) atoms. The molecule has 0 saturated heterocycles. The van der Waals surface area contributed by atoms with Gasteiger partial charge in [-0.25, -0.2) is 13.6 Å². The Morgan fingerprint density at radius 3 is 2.00 bits per heavy atom. The molecule has 0 atom stereocenters. The standard InChI is InChI=1S/C22H19N3O2S/c23-28(26,27)20-13-11-19(12-14-20)22-21(18-9-5-2-6-10-18)16-25(24-22)15-17-7-3-1-4-8-17/h1-14,16H,15H2,(H2,23,26,27). The maximum atomic E-state index is 11.5. The highest BCUT2D eigenvalue weighted by molar-refractivity contribution is 7.89. The molecule has 0 fully saturated rings. The van der Waals surface area contributed by atoms with Gasteiger partial charge < -0.3 is 0 Å². The smallest absolute Gasteiger partial charge is 0.238 e. The fourth-order valence-electron chi connectivity index (χ4n) is 3.12. The normalized spacial score (nSPS) is 11.5. The van der Waals surface area contributed by atoms with Crippen LogP contribution in [0.2, 0.25) is 0 Å². The molecule has 0 aliphatic heterocycles. The van der Waals surface area contributed by atoms with Gasteiger partial charge in [-0.3, -0.25) is 4.68 Å². The highest BCUT2D eigenvalue weighted by atomic mass is 32.2. The molecule has 6 heteroatoms. The van der Waals surface area contributed by atoms with Crippen LogP contribution in [0.1, 0.15) is 5.56 Å². The minimum absolute atomic E-state index is 0.0845. The Hall–Kier alpha value is -3.22. The summed E-state index contributed by atoms with van der Waals surface area (Å²) in [6, 6.07) is 26.6. The monoisotopic (exact) mass is 389 g/mol. The van der Waals surface area contributed by atoms with Crippen LogP contribution in [0.15, 0.2) is 96.0 Å². The number of nitrogens with two attached hydrogens (primary N) is 1. The molecule has 0 aliphatic carbocycles. The van der Waals surface area contributed by atoms with Gasteiger partial charge in [0.05, 0.1) is 11.4 Å². The fourth-order valence-corrected chi connectivity index (χ4v) is 3.63. The molecule has 1 heterocycles. The van der Waals surface area contributed by atoms with E-state index in [0.29, 0.717) is 6.54 Å². The van der Waals surface area contributed by atoms with E-state index < -0.39 is 10.0 Å².